The van der Waals surface area contributed by atoms with Gasteiger partial charge in [0.2, 0.25) is 0 Å². The third-order valence-corrected chi connectivity index (χ3v) is 4.79. The van der Waals surface area contributed by atoms with Crippen LogP contribution in [0.4, 0.5) is 0 Å². The molecule has 142 valence electrons. The van der Waals surface area contributed by atoms with Gasteiger partial charge in [0.25, 0.3) is 5.91 Å². The summed E-state index contributed by atoms with van der Waals surface area (Å²) in [6, 6.07) is 8.14. The first-order chi connectivity index (χ1) is 12.8. The van der Waals surface area contributed by atoms with Gasteiger partial charge in [-0.05, 0) is 38.8 Å². The second kappa shape index (κ2) is 7.39. The molecule has 0 N–H and O–H groups in total. The number of aryl methyl sites for hydroxylation is 3. The number of hydrogen-bond acceptors (Lipinski definition) is 4. The van der Waals surface area contributed by atoms with Crippen molar-refractivity contribution in [3.8, 4) is 5.69 Å². The molecule has 0 atom stereocenters. The van der Waals surface area contributed by atoms with Crippen LogP contribution in [0.3, 0.4) is 0 Å². The van der Waals surface area contributed by atoms with Gasteiger partial charge < -0.3 is 9.42 Å². The van der Waals surface area contributed by atoms with Crippen molar-refractivity contribution in [1.29, 1.82) is 0 Å². The smallest absolute Gasteiger partial charge is 0.257 e. The van der Waals surface area contributed by atoms with Gasteiger partial charge in [0.1, 0.15) is 5.76 Å². The first-order valence-corrected chi connectivity index (χ1v) is 9.11. The molecule has 0 aliphatic heterocycles. The predicted octanol–water partition coefficient (Wildman–Crippen LogP) is 4.18. The molecule has 1 aromatic carbocycles. The maximum Gasteiger partial charge on any atom is 0.257 e. The van der Waals surface area contributed by atoms with Gasteiger partial charge in [-0.2, -0.15) is 5.10 Å². The van der Waals surface area contributed by atoms with Gasteiger partial charge in [-0.1, -0.05) is 36.7 Å². The minimum absolute atomic E-state index is 0.0583. The Morgan fingerprint density at radius 3 is 2.41 bits per heavy atom. The molecule has 0 aliphatic carbocycles. The number of benzene rings is 1. The summed E-state index contributed by atoms with van der Waals surface area (Å²) in [5.41, 5.74) is 5.44. The Kier molecular flexibility index (Phi) is 5.17. The lowest BCUT2D eigenvalue weighted by Crippen LogP contribution is -2.27. The zero-order chi connectivity index (χ0) is 19.7. The maximum absolute atomic E-state index is 13.1. The van der Waals surface area contributed by atoms with E-state index in [0.29, 0.717) is 12.1 Å². The van der Waals surface area contributed by atoms with E-state index in [-0.39, 0.29) is 11.8 Å². The fraction of sp³-hybridized carbons (Fsp3) is 0.381. The minimum Gasteiger partial charge on any atom is -0.361 e. The van der Waals surface area contributed by atoms with Gasteiger partial charge in [-0.3, -0.25) is 4.79 Å². The topological polar surface area (TPSA) is 64.2 Å². The van der Waals surface area contributed by atoms with Crippen molar-refractivity contribution in [2.45, 2.75) is 47.1 Å². The lowest BCUT2D eigenvalue weighted by atomic mass is 10.0. The lowest BCUT2D eigenvalue weighted by molar-refractivity contribution is 0.0783. The number of carbonyl (C=O) groups excluding carboxylic acids is 1. The van der Waals surface area contributed by atoms with Crippen molar-refractivity contribution in [3.05, 3.63) is 64.3 Å². The van der Waals surface area contributed by atoms with E-state index in [1.165, 1.54) is 5.56 Å². The molecule has 3 rings (SSSR count). The molecule has 6 nitrogen and oxygen atoms in total. The average molecular weight is 366 g/mol. The first-order valence-electron chi connectivity index (χ1n) is 9.11. The van der Waals surface area contributed by atoms with Gasteiger partial charge in [-0.15, -0.1) is 0 Å². The quantitative estimate of drug-likeness (QED) is 0.679. The van der Waals surface area contributed by atoms with E-state index < -0.39 is 0 Å². The molecular formula is C21H26N4O2. The van der Waals surface area contributed by atoms with Gasteiger partial charge in [0.05, 0.1) is 35.4 Å². The van der Waals surface area contributed by atoms with E-state index in [2.05, 4.69) is 31.0 Å². The third-order valence-electron chi connectivity index (χ3n) is 4.79. The van der Waals surface area contributed by atoms with E-state index in [1.54, 1.807) is 18.1 Å². The average Bonchev–Trinajstić information content (AvgIpc) is 3.20. The van der Waals surface area contributed by atoms with E-state index in [9.17, 15) is 4.79 Å². The molecule has 0 aliphatic rings. The second-order valence-electron chi connectivity index (χ2n) is 7.31. The summed E-state index contributed by atoms with van der Waals surface area (Å²) in [5, 5.41) is 8.48. The molecule has 0 unspecified atom stereocenters. The zero-order valence-electron chi connectivity index (χ0n) is 16.8. The van der Waals surface area contributed by atoms with Crippen LogP contribution in [-0.2, 0) is 6.54 Å². The van der Waals surface area contributed by atoms with Crippen LogP contribution in [0.5, 0.6) is 0 Å². The Morgan fingerprint density at radius 2 is 1.85 bits per heavy atom. The lowest BCUT2D eigenvalue weighted by Gasteiger charge is -2.19. The molecule has 1 amide bonds. The largest absolute Gasteiger partial charge is 0.361 e. The third kappa shape index (κ3) is 3.65. The Bertz CT molecular complexity index is 932. The Hall–Kier alpha value is -2.89. The summed E-state index contributed by atoms with van der Waals surface area (Å²) in [7, 11) is 1.79. The molecule has 0 radical (unpaired) electrons. The summed E-state index contributed by atoms with van der Waals surface area (Å²) < 4.78 is 7.07. The Labute approximate surface area is 159 Å². The van der Waals surface area contributed by atoms with Crippen molar-refractivity contribution < 1.29 is 9.32 Å². The SMILES string of the molecule is Cc1ccc(-n2ncc(C(=O)N(C)Cc3c(C)noc3C)c2C(C)C)cc1. The summed E-state index contributed by atoms with van der Waals surface area (Å²) in [6.45, 7) is 10.4. The zero-order valence-corrected chi connectivity index (χ0v) is 16.8. The van der Waals surface area contributed by atoms with E-state index in [4.69, 9.17) is 4.52 Å². The standard InChI is InChI=1S/C21H26N4O2/c1-13(2)20-18(11-22-25(20)17-9-7-14(3)8-10-17)21(26)24(6)12-19-15(4)23-27-16(19)5/h7-11,13H,12H2,1-6H3. The highest BCUT2D eigenvalue weighted by atomic mass is 16.5. The highest BCUT2D eigenvalue weighted by Gasteiger charge is 2.24. The fourth-order valence-corrected chi connectivity index (χ4v) is 3.21. The van der Waals surface area contributed by atoms with Crippen molar-refractivity contribution in [1.82, 2.24) is 19.8 Å². The highest BCUT2D eigenvalue weighted by molar-refractivity contribution is 5.95. The van der Waals surface area contributed by atoms with Gasteiger partial charge in [0, 0.05) is 12.6 Å². The molecule has 3 aromatic rings. The molecule has 2 heterocycles. The van der Waals surface area contributed by atoms with Crippen LogP contribution in [-0.4, -0.2) is 32.8 Å². The van der Waals surface area contributed by atoms with E-state index in [0.717, 1.165) is 28.4 Å². The molecule has 6 heteroatoms. The summed E-state index contributed by atoms with van der Waals surface area (Å²) >= 11 is 0. The predicted molar refractivity (Wildman–Crippen MR) is 104 cm³/mol. The van der Waals surface area contributed by atoms with Crippen LogP contribution in [0.1, 0.15) is 58.4 Å². The fourth-order valence-electron chi connectivity index (χ4n) is 3.21. The Balaban J connectivity index is 1.94. The van der Waals surface area contributed by atoms with Gasteiger partial charge in [0.15, 0.2) is 0 Å². The van der Waals surface area contributed by atoms with Crippen molar-refractivity contribution in [3.63, 3.8) is 0 Å². The molecular weight excluding hydrogens is 340 g/mol. The summed E-state index contributed by atoms with van der Waals surface area (Å²) in [5.74, 6) is 0.837. The van der Waals surface area contributed by atoms with Crippen LogP contribution < -0.4 is 0 Å². The first kappa shape index (κ1) is 18.9. The van der Waals surface area contributed by atoms with Crippen LogP contribution in [0.2, 0.25) is 0 Å². The molecule has 2 aromatic heterocycles. The number of rotatable bonds is 5. The number of amides is 1. The van der Waals surface area contributed by atoms with Crippen molar-refractivity contribution in [2.24, 2.45) is 0 Å². The normalized spacial score (nSPS) is 11.2. The number of aromatic nitrogens is 3. The molecule has 0 fully saturated rings. The minimum atomic E-state index is -0.0583. The number of hydrogen-bond donors (Lipinski definition) is 0. The number of nitrogens with zero attached hydrogens (tertiary/aromatic N) is 4. The van der Waals surface area contributed by atoms with E-state index in [1.807, 2.05) is 42.8 Å². The Morgan fingerprint density at radius 1 is 1.19 bits per heavy atom. The summed E-state index contributed by atoms with van der Waals surface area (Å²) in [6.07, 6.45) is 1.67. The van der Waals surface area contributed by atoms with Gasteiger partial charge in [-0.25, -0.2) is 4.68 Å². The molecule has 0 spiro atoms. The number of carbonyl (C=O) groups is 1. The summed E-state index contributed by atoms with van der Waals surface area (Å²) in [4.78, 5) is 14.8. The van der Waals surface area contributed by atoms with Crippen LogP contribution in [0.15, 0.2) is 35.0 Å². The van der Waals surface area contributed by atoms with Crippen LogP contribution in [0, 0.1) is 20.8 Å². The van der Waals surface area contributed by atoms with Crippen molar-refractivity contribution >= 4 is 5.91 Å². The monoisotopic (exact) mass is 366 g/mol. The maximum atomic E-state index is 13.1. The highest BCUT2D eigenvalue weighted by Crippen LogP contribution is 2.25. The van der Waals surface area contributed by atoms with E-state index >= 15 is 0 Å². The van der Waals surface area contributed by atoms with Gasteiger partial charge >= 0.3 is 0 Å². The molecule has 0 saturated heterocycles. The van der Waals surface area contributed by atoms with Crippen LogP contribution in [0.25, 0.3) is 5.69 Å². The second-order valence-corrected chi connectivity index (χ2v) is 7.31. The van der Waals surface area contributed by atoms with Crippen LogP contribution >= 0.6 is 0 Å². The molecule has 0 saturated carbocycles. The van der Waals surface area contributed by atoms with Crippen molar-refractivity contribution in [2.75, 3.05) is 7.05 Å². The molecule has 27 heavy (non-hydrogen) atoms. The molecule has 0 bridgehead atoms.